The van der Waals surface area contributed by atoms with Gasteiger partial charge in [-0.15, -0.1) is 24.5 Å². The van der Waals surface area contributed by atoms with E-state index in [-0.39, 0.29) is 76.2 Å². The van der Waals surface area contributed by atoms with E-state index < -0.39 is 0 Å². The van der Waals surface area contributed by atoms with E-state index in [4.69, 9.17) is 50.8 Å². The SMILES string of the molecule is N#CN=O.N#CN=O.N#CN=O.N#CN=O.N#CN=O.[Fe+3].[Na+].[Na+]. The summed E-state index contributed by atoms with van der Waals surface area (Å²) in [6.45, 7) is 0. The van der Waals surface area contributed by atoms with Crippen molar-refractivity contribution < 1.29 is 76.2 Å². The van der Waals surface area contributed by atoms with Gasteiger partial charge in [-0.25, -0.2) is 0 Å². The maximum atomic E-state index is 8.56. The fourth-order valence-corrected chi connectivity index (χ4v) is 0. The van der Waals surface area contributed by atoms with E-state index in [9.17, 15) is 0 Å². The van der Waals surface area contributed by atoms with Crippen LogP contribution < -0.4 is 59.1 Å². The Hall–Kier alpha value is -2.03. The zero-order valence-electron chi connectivity index (χ0n) is 11.4. The molecular formula is C5FeN10Na2O5+5. The van der Waals surface area contributed by atoms with E-state index in [1.807, 2.05) is 0 Å². The Bertz CT molecular complexity index is 378. The van der Waals surface area contributed by atoms with Gasteiger partial charge in [-0.2, -0.15) is 26.3 Å². The summed E-state index contributed by atoms with van der Waals surface area (Å²) in [4.78, 5) is 42.8. The van der Waals surface area contributed by atoms with E-state index in [0.717, 1.165) is 31.0 Å². The smallest absolute Gasteiger partial charge is 0.167 e. The first kappa shape index (κ1) is 49.7. The van der Waals surface area contributed by atoms with Gasteiger partial charge in [0.2, 0.25) is 31.0 Å². The summed E-state index contributed by atoms with van der Waals surface area (Å²) in [5.41, 5.74) is 0. The average molecular weight is 382 g/mol. The first-order valence-corrected chi connectivity index (χ1v) is 3.15. The minimum Gasteiger partial charge on any atom is -0.167 e. The minimum atomic E-state index is 0. The molecule has 0 unspecified atom stereocenters. The minimum absolute atomic E-state index is 0. The Labute approximate surface area is 182 Å². The van der Waals surface area contributed by atoms with Gasteiger partial charge in [-0.3, -0.25) is 0 Å². The van der Waals surface area contributed by atoms with Crippen LogP contribution in [-0.4, -0.2) is 0 Å². The van der Waals surface area contributed by atoms with E-state index >= 15 is 0 Å². The molecule has 0 amide bonds. The molecule has 0 aliphatic heterocycles. The topological polar surface area (TPSA) is 266 Å². The van der Waals surface area contributed by atoms with Gasteiger partial charge in [0.25, 0.3) is 0 Å². The Morgan fingerprint density at radius 2 is 0.478 bits per heavy atom. The molecule has 0 aromatic rings. The molecule has 0 fully saturated rings. The van der Waals surface area contributed by atoms with Crippen LogP contribution in [0.3, 0.4) is 0 Å². The van der Waals surface area contributed by atoms with E-state index in [0.29, 0.717) is 0 Å². The van der Waals surface area contributed by atoms with E-state index in [1.54, 1.807) is 25.9 Å². The summed E-state index contributed by atoms with van der Waals surface area (Å²) >= 11 is 0. The van der Waals surface area contributed by atoms with Crippen LogP contribution in [0.2, 0.25) is 0 Å². The second kappa shape index (κ2) is 113. The zero-order chi connectivity index (χ0) is 17.1. The third-order valence-electron chi connectivity index (χ3n) is 0.204. The second-order valence-corrected chi connectivity index (χ2v) is 0.956. The van der Waals surface area contributed by atoms with Crippen LogP contribution in [0, 0.1) is 81.8 Å². The Morgan fingerprint density at radius 1 is 0.435 bits per heavy atom. The van der Waals surface area contributed by atoms with Gasteiger partial charge in [0.05, 0.1) is 25.9 Å². The molecule has 0 saturated heterocycles. The van der Waals surface area contributed by atoms with Gasteiger partial charge in [0.15, 0.2) is 0 Å². The summed E-state index contributed by atoms with van der Waals surface area (Å²) in [6, 6.07) is 0. The zero-order valence-corrected chi connectivity index (χ0v) is 16.5. The molecule has 0 heterocycles. The number of hydrogen-bond acceptors (Lipinski definition) is 15. The molecule has 0 saturated carbocycles. The first-order chi connectivity index (χ1) is 9.57. The maximum absolute atomic E-state index is 8.56. The van der Waals surface area contributed by atoms with Crippen molar-refractivity contribution in [1.29, 1.82) is 26.3 Å². The third kappa shape index (κ3) is 731. The van der Waals surface area contributed by atoms with Crippen molar-refractivity contribution in [2.75, 3.05) is 0 Å². The van der Waals surface area contributed by atoms with Crippen LogP contribution >= 0.6 is 0 Å². The van der Waals surface area contributed by atoms with Crippen molar-refractivity contribution in [3.63, 3.8) is 0 Å². The second-order valence-electron chi connectivity index (χ2n) is 0.956. The molecule has 0 aliphatic carbocycles. The van der Waals surface area contributed by atoms with Crippen LogP contribution in [0.1, 0.15) is 0 Å². The molecular weight excluding hydrogens is 382 g/mol. The van der Waals surface area contributed by atoms with Crippen molar-refractivity contribution in [1.82, 2.24) is 0 Å². The standard InChI is InChI=1S/5CN2O.Fe.2Na/c5*2-1-3-4;;;/q;;;;;+3;2*+1. The van der Waals surface area contributed by atoms with Gasteiger partial charge < -0.3 is 0 Å². The van der Waals surface area contributed by atoms with E-state index in [2.05, 4.69) is 0 Å². The molecule has 0 bridgehead atoms. The Balaban J connectivity index is -0.0000000197. The normalized spacial score (nSPS) is 3.26. The van der Waals surface area contributed by atoms with Gasteiger partial charge in [0, 0.05) is 0 Å². The molecule has 18 heteroatoms. The molecule has 0 atom stereocenters. The molecule has 0 aliphatic rings. The molecule has 15 nitrogen and oxygen atoms in total. The molecule has 0 aromatic heterocycles. The fraction of sp³-hybridized carbons (Fsp3) is 0. The van der Waals surface area contributed by atoms with Crippen LogP contribution in [0.4, 0.5) is 0 Å². The number of hydrogen-bond donors (Lipinski definition) is 0. The Morgan fingerprint density at radius 3 is 0.478 bits per heavy atom. The van der Waals surface area contributed by atoms with Crippen molar-refractivity contribution in [3.8, 4) is 31.0 Å². The van der Waals surface area contributed by atoms with Crippen molar-refractivity contribution in [2.45, 2.75) is 0 Å². The molecule has 0 spiro atoms. The number of nitrogens with zero attached hydrogens (tertiary/aromatic N) is 10. The largest absolute Gasteiger partial charge is 3.00 e. The van der Waals surface area contributed by atoms with Crippen molar-refractivity contribution in [2.24, 2.45) is 25.9 Å². The van der Waals surface area contributed by atoms with Gasteiger partial charge in [-0.05, 0) is 0 Å². The summed E-state index contributed by atoms with van der Waals surface area (Å²) in [5.74, 6) is 0. The Kier molecular flexibility index (Phi) is 245. The number of nitroso groups, excluding NO2 is 5. The first-order valence-electron chi connectivity index (χ1n) is 3.15. The van der Waals surface area contributed by atoms with Gasteiger partial charge >= 0.3 is 76.2 Å². The summed E-state index contributed by atoms with van der Waals surface area (Å²) < 4.78 is 0. The molecule has 0 aromatic carbocycles. The van der Waals surface area contributed by atoms with Crippen molar-refractivity contribution in [3.05, 3.63) is 24.5 Å². The monoisotopic (exact) mass is 382 g/mol. The third-order valence-corrected chi connectivity index (χ3v) is 0.204. The predicted octanol–water partition coefficient (Wildman–Crippen LogP) is -4.83. The van der Waals surface area contributed by atoms with Crippen LogP contribution in [0.5, 0.6) is 0 Å². The molecule has 0 N–H and O–H groups in total. The van der Waals surface area contributed by atoms with Gasteiger partial charge in [-0.1, -0.05) is 0 Å². The summed E-state index contributed by atoms with van der Waals surface area (Å²) in [6.07, 6.45) is 5.00. The number of rotatable bonds is 0. The quantitative estimate of drug-likeness (QED) is 0.219. The predicted molar refractivity (Wildman–Crippen MR) is 57.0 cm³/mol. The summed E-state index contributed by atoms with van der Waals surface area (Å²) in [5, 5.41) is 44.7. The molecule has 1 radical (unpaired) electrons. The van der Waals surface area contributed by atoms with Gasteiger partial charge in [0.1, 0.15) is 0 Å². The molecule has 0 rings (SSSR count). The van der Waals surface area contributed by atoms with Crippen LogP contribution in [-0.2, 0) is 17.1 Å². The molecule has 105 valence electrons. The van der Waals surface area contributed by atoms with Crippen LogP contribution in [0.15, 0.2) is 25.9 Å². The van der Waals surface area contributed by atoms with Crippen molar-refractivity contribution >= 4 is 0 Å². The number of nitriles is 5. The molecule has 23 heavy (non-hydrogen) atoms. The maximum Gasteiger partial charge on any atom is 3.00 e. The van der Waals surface area contributed by atoms with Crippen LogP contribution in [0.25, 0.3) is 0 Å². The summed E-state index contributed by atoms with van der Waals surface area (Å²) in [7, 11) is 0. The average Bonchev–Trinajstić information content (AvgIpc) is 2.55. The van der Waals surface area contributed by atoms with E-state index in [1.165, 1.54) is 0 Å². The fourth-order valence-electron chi connectivity index (χ4n) is 0.